The van der Waals surface area contributed by atoms with Crippen LogP contribution in [0.25, 0.3) is 6.08 Å². The van der Waals surface area contributed by atoms with Crippen LogP contribution >= 0.6 is 0 Å². The second-order valence-electron chi connectivity index (χ2n) is 5.67. The molecule has 6 heteroatoms. The highest BCUT2D eigenvalue weighted by atomic mass is 16.6. The van der Waals surface area contributed by atoms with Gasteiger partial charge in [-0.3, -0.25) is 4.79 Å². The number of ketones is 1. The van der Waals surface area contributed by atoms with Gasteiger partial charge in [-0.1, -0.05) is 24.3 Å². The van der Waals surface area contributed by atoms with E-state index in [9.17, 15) is 9.59 Å². The first-order chi connectivity index (χ1) is 13.6. The van der Waals surface area contributed by atoms with Gasteiger partial charge in [-0.25, -0.2) is 4.79 Å². The fourth-order valence-electron chi connectivity index (χ4n) is 2.36. The second-order valence-corrected chi connectivity index (χ2v) is 5.67. The predicted molar refractivity (Wildman–Crippen MR) is 105 cm³/mol. The largest absolute Gasteiger partial charge is 0.497 e. The van der Waals surface area contributed by atoms with E-state index in [0.29, 0.717) is 23.7 Å². The molecule has 0 atom stereocenters. The number of rotatable bonds is 10. The summed E-state index contributed by atoms with van der Waals surface area (Å²) >= 11 is 0. The molecule has 0 saturated carbocycles. The average Bonchev–Trinajstić information content (AvgIpc) is 2.72. The number of carbonyl (C=O) groups is 2. The first kappa shape index (κ1) is 21.0. The van der Waals surface area contributed by atoms with Crippen molar-refractivity contribution in [2.75, 3.05) is 26.9 Å². The zero-order valence-electron chi connectivity index (χ0n) is 16.3. The van der Waals surface area contributed by atoms with Gasteiger partial charge in [-0.2, -0.15) is 0 Å². The number of hydrogen-bond acceptors (Lipinski definition) is 6. The zero-order valence-corrected chi connectivity index (χ0v) is 16.3. The van der Waals surface area contributed by atoms with Gasteiger partial charge in [0, 0.05) is 5.56 Å². The molecule has 0 aromatic heterocycles. The summed E-state index contributed by atoms with van der Waals surface area (Å²) in [6, 6.07) is 13.9. The summed E-state index contributed by atoms with van der Waals surface area (Å²) in [4.78, 5) is 24.1. The smallest absolute Gasteiger partial charge is 0.373 e. The lowest BCUT2D eigenvalue weighted by atomic mass is 10.1. The maximum Gasteiger partial charge on any atom is 0.373 e. The third kappa shape index (κ3) is 6.16. The fourth-order valence-corrected chi connectivity index (χ4v) is 2.36. The van der Waals surface area contributed by atoms with Crippen molar-refractivity contribution < 1.29 is 28.5 Å². The standard InChI is InChI=1S/C22H24O6/c1-4-26-21(22(24)27-5-2)13-16-9-11-18(12-10-16)28-15-20(23)17-7-6-8-19(14-17)25-3/h6-14H,4-5,15H2,1-3H3. The molecule has 0 aliphatic carbocycles. The van der Waals surface area contributed by atoms with E-state index >= 15 is 0 Å². The molecule has 0 aliphatic heterocycles. The van der Waals surface area contributed by atoms with Crippen LogP contribution in [0.1, 0.15) is 29.8 Å². The molecule has 0 bridgehead atoms. The summed E-state index contributed by atoms with van der Waals surface area (Å²) < 4.78 is 21.0. The van der Waals surface area contributed by atoms with Crippen molar-refractivity contribution in [2.45, 2.75) is 13.8 Å². The van der Waals surface area contributed by atoms with Gasteiger partial charge in [-0.15, -0.1) is 0 Å². The van der Waals surface area contributed by atoms with Crippen LogP contribution in [0.15, 0.2) is 54.3 Å². The van der Waals surface area contributed by atoms with Crippen LogP contribution in [0, 0.1) is 0 Å². The Morgan fingerprint density at radius 3 is 2.29 bits per heavy atom. The van der Waals surface area contributed by atoms with Crippen molar-refractivity contribution in [3.63, 3.8) is 0 Å². The van der Waals surface area contributed by atoms with Crippen LogP contribution in [0.4, 0.5) is 0 Å². The number of hydrogen-bond donors (Lipinski definition) is 0. The average molecular weight is 384 g/mol. The number of benzene rings is 2. The normalized spacial score (nSPS) is 10.9. The minimum absolute atomic E-state index is 0.0879. The van der Waals surface area contributed by atoms with Crippen molar-refractivity contribution >= 4 is 17.8 Å². The zero-order chi connectivity index (χ0) is 20.4. The predicted octanol–water partition coefficient (Wildman–Crippen LogP) is 3.90. The molecule has 2 aromatic carbocycles. The minimum atomic E-state index is -0.506. The van der Waals surface area contributed by atoms with Crippen molar-refractivity contribution in [2.24, 2.45) is 0 Å². The van der Waals surface area contributed by atoms with Crippen LogP contribution in [0.2, 0.25) is 0 Å². The first-order valence-corrected chi connectivity index (χ1v) is 8.99. The van der Waals surface area contributed by atoms with E-state index in [1.165, 1.54) is 0 Å². The lowest BCUT2D eigenvalue weighted by molar-refractivity contribution is -0.142. The SMILES string of the molecule is CCOC(=O)C(=Cc1ccc(OCC(=O)c2cccc(OC)c2)cc1)OCC. The highest BCUT2D eigenvalue weighted by molar-refractivity contribution is 5.97. The number of Topliss-reactive ketones (excluding diaryl/α,β-unsaturated/α-hetero) is 1. The Kier molecular flexibility index (Phi) is 8.09. The molecule has 2 aromatic rings. The Morgan fingerprint density at radius 1 is 0.929 bits per heavy atom. The Bertz CT molecular complexity index is 823. The molecule has 0 amide bonds. The Morgan fingerprint density at radius 2 is 1.64 bits per heavy atom. The Balaban J connectivity index is 2.00. The molecule has 6 nitrogen and oxygen atoms in total. The van der Waals surface area contributed by atoms with E-state index in [0.717, 1.165) is 5.56 Å². The molecule has 0 aliphatic rings. The molecule has 0 radical (unpaired) electrons. The van der Waals surface area contributed by atoms with Crippen LogP contribution in [-0.4, -0.2) is 38.7 Å². The molecule has 0 unspecified atom stereocenters. The van der Waals surface area contributed by atoms with Crippen molar-refractivity contribution in [1.29, 1.82) is 0 Å². The first-order valence-electron chi connectivity index (χ1n) is 8.99. The Hall–Kier alpha value is -3.28. The van der Waals surface area contributed by atoms with Crippen molar-refractivity contribution in [3.05, 3.63) is 65.4 Å². The lowest BCUT2D eigenvalue weighted by Crippen LogP contribution is -2.11. The molecule has 2 rings (SSSR count). The third-order valence-electron chi connectivity index (χ3n) is 3.72. The maximum atomic E-state index is 12.2. The van der Waals surface area contributed by atoms with Gasteiger partial charge >= 0.3 is 5.97 Å². The highest BCUT2D eigenvalue weighted by Gasteiger charge is 2.12. The number of ether oxygens (including phenoxy) is 4. The lowest BCUT2D eigenvalue weighted by Gasteiger charge is -2.09. The van der Waals surface area contributed by atoms with E-state index in [1.54, 1.807) is 75.6 Å². The van der Waals surface area contributed by atoms with Gasteiger partial charge in [0.1, 0.15) is 11.5 Å². The molecule has 148 valence electrons. The van der Waals surface area contributed by atoms with Crippen LogP contribution < -0.4 is 9.47 Å². The fraction of sp³-hybridized carbons (Fsp3) is 0.273. The van der Waals surface area contributed by atoms with Crippen LogP contribution in [0.5, 0.6) is 11.5 Å². The van der Waals surface area contributed by atoms with Gasteiger partial charge in [0.05, 0.1) is 20.3 Å². The van der Waals surface area contributed by atoms with Crippen molar-refractivity contribution in [1.82, 2.24) is 0 Å². The van der Waals surface area contributed by atoms with Crippen molar-refractivity contribution in [3.8, 4) is 11.5 Å². The van der Waals surface area contributed by atoms with Gasteiger partial charge in [0.25, 0.3) is 0 Å². The summed E-state index contributed by atoms with van der Waals surface area (Å²) in [5.74, 6) is 0.653. The van der Waals surface area contributed by atoms with E-state index < -0.39 is 5.97 Å². The van der Waals surface area contributed by atoms with E-state index in [4.69, 9.17) is 18.9 Å². The summed E-state index contributed by atoms with van der Waals surface area (Å²) in [5, 5.41) is 0. The molecular formula is C22H24O6. The minimum Gasteiger partial charge on any atom is -0.497 e. The van der Waals surface area contributed by atoms with Crippen LogP contribution in [0.3, 0.4) is 0 Å². The molecule has 0 saturated heterocycles. The summed E-state index contributed by atoms with van der Waals surface area (Å²) in [5.41, 5.74) is 1.28. The molecule has 0 spiro atoms. The Labute approximate surface area is 164 Å². The monoisotopic (exact) mass is 384 g/mol. The second kappa shape index (κ2) is 10.8. The van der Waals surface area contributed by atoms with Crippen LogP contribution in [-0.2, 0) is 14.3 Å². The van der Waals surface area contributed by atoms with Gasteiger partial charge < -0.3 is 18.9 Å². The highest BCUT2D eigenvalue weighted by Crippen LogP contribution is 2.17. The topological polar surface area (TPSA) is 71.1 Å². The number of esters is 1. The number of methoxy groups -OCH3 is 1. The maximum absolute atomic E-state index is 12.2. The number of carbonyl (C=O) groups excluding carboxylic acids is 2. The van der Waals surface area contributed by atoms with E-state index in [1.807, 2.05) is 0 Å². The third-order valence-corrected chi connectivity index (χ3v) is 3.72. The summed E-state index contributed by atoms with van der Waals surface area (Å²) in [7, 11) is 1.55. The summed E-state index contributed by atoms with van der Waals surface area (Å²) in [6.45, 7) is 4.08. The summed E-state index contributed by atoms with van der Waals surface area (Å²) in [6.07, 6.45) is 1.60. The molecule has 0 N–H and O–H groups in total. The van der Waals surface area contributed by atoms with Gasteiger partial charge in [-0.05, 0) is 49.8 Å². The van der Waals surface area contributed by atoms with Gasteiger partial charge in [0.2, 0.25) is 5.76 Å². The van der Waals surface area contributed by atoms with Gasteiger partial charge in [0.15, 0.2) is 12.4 Å². The molecule has 28 heavy (non-hydrogen) atoms. The van der Waals surface area contributed by atoms with E-state index in [-0.39, 0.29) is 24.8 Å². The molecular weight excluding hydrogens is 360 g/mol. The van der Waals surface area contributed by atoms with E-state index in [2.05, 4.69) is 0 Å². The molecule has 0 heterocycles. The quantitative estimate of drug-likeness (QED) is 0.268. The molecule has 0 fully saturated rings.